The van der Waals surface area contributed by atoms with Crippen LogP contribution in [0.3, 0.4) is 0 Å². The van der Waals surface area contributed by atoms with E-state index in [9.17, 15) is 4.39 Å². The number of rotatable bonds is 3. The molecule has 1 N–H and O–H groups in total. The number of halogens is 1. The van der Waals surface area contributed by atoms with Gasteiger partial charge in [-0.25, -0.2) is 9.37 Å². The number of nitrogens with zero attached hydrogens (tertiary/aromatic N) is 1. The van der Waals surface area contributed by atoms with Gasteiger partial charge in [-0.2, -0.15) is 0 Å². The molecule has 0 saturated carbocycles. The van der Waals surface area contributed by atoms with Crippen molar-refractivity contribution in [3.63, 3.8) is 0 Å². The van der Waals surface area contributed by atoms with Gasteiger partial charge in [-0.05, 0) is 30.5 Å². The first kappa shape index (κ1) is 12.9. The van der Waals surface area contributed by atoms with Crippen LogP contribution in [0, 0.1) is 16.4 Å². The van der Waals surface area contributed by atoms with Gasteiger partial charge in [-0.1, -0.05) is 38.2 Å². The number of aromatic amines is 1. The van der Waals surface area contributed by atoms with Crippen molar-refractivity contribution in [2.75, 3.05) is 0 Å². The zero-order valence-electron chi connectivity index (χ0n) is 10.4. The molecule has 0 atom stereocenters. The molecule has 1 aromatic heterocycles. The maximum atomic E-state index is 13.2. The van der Waals surface area contributed by atoms with Crippen LogP contribution >= 0.6 is 12.2 Å². The van der Waals surface area contributed by atoms with Crippen molar-refractivity contribution >= 4 is 12.2 Å². The quantitative estimate of drug-likeness (QED) is 0.842. The second kappa shape index (κ2) is 5.40. The summed E-state index contributed by atoms with van der Waals surface area (Å²) in [5, 5.41) is 0. The van der Waals surface area contributed by atoms with Crippen molar-refractivity contribution in [1.29, 1.82) is 0 Å². The Bertz CT molecular complexity index is 605. The summed E-state index contributed by atoms with van der Waals surface area (Å²) in [6, 6.07) is 8.20. The molecule has 0 fully saturated rings. The second-order valence-corrected chi connectivity index (χ2v) is 5.12. The van der Waals surface area contributed by atoms with Crippen LogP contribution in [0.1, 0.15) is 19.5 Å². The minimum absolute atomic E-state index is 0.275. The first-order valence-corrected chi connectivity index (χ1v) is 6.31. The molecule has 0 aliphatic carbocycles. The van der Waals surface area contributed by atoms with Crippen LogP contribution in [-0.4, -0.2) is 9.97 Å². The van der Waals surface area contributed by atoms with Crippen molar-refractivity contribution < 1.29 is 4.39 Å². The zero-order chi connectivity index (χ0) is 13.1. The molecule has 0 saturated heterocycles. The molecule has 0 unspecified atom stereocenters. The number of benzene rings is 1. The lowest BCUT2D eigenvalue weighted by Crippen LogP contribution is -2.00. The van der Waals surface area contributed by atoms with Crippen LogP contribution in [0.4, 0.5) is 4.39 Å². The predicted octanol–water partition coefficient (Wildman–Crippen LogP) is 4.14. The van der Waals surface area contributed by atoms with E-state index < -0.39 is 0 Å². The van der Waals surface area contributed by atoms with Gasteiger partial charge in [0, 0.05) is 11.3 Å². The third kappa shape index (κ3) is 3.23. The maximum Gasteiger partial charge on any atom is 0.139 e. The Hall–Kier alpha value is -1.55. The standard InChI is InChI=1S/C14H15FN2S/c1-9(2)6-12-8-13(18)17-14(16-12)10-4-3-5-11(15)7-10/h3-5,7-9H,6H2,1-2H3,(H,16,17,18). The van der Waals surface area contributed by atoms with Gasteiger partial charge < -0.3 is 4.98 Å². The van der Waals surface area contributed by atoms with Gasteiger partial charge in [0.2, 0.25) is 0 Å². The minimum atomic E-state index is -0.275. The molecule has 1 aromatic carbocycles. The molecule has 18 heavy (non-hydrogen) atoms. The Morgan fingerprint density at radius 3 is 2.78 bits per heavy atom. The van der Waals surface area contributed by atoms with Gasteiger partial charge in [0.05, 0.1) is 0 Å². The van der Waals surface area contributed by atoms with E-state index in [-0.39, 0.29) is 5.82 Å². The Kier molecular flexibility index (Phi) is 3.87. The van der Waals surface area contributed by atoms with E-state index in [1.165, 1.54) is 12.1 Å². The Morgan fingerprint density at radius 1 is 1.33 bits per heavy atom. The smallest absolute Gasteiger partial charge is 0.139 e. The fourth-order valence-electron chi connectivity index (χ4n) is 1.83. The van der Waals surface area contributed by atoms with Crippen LogP contribution in [0.25, 0.3) is 11.4 Å². The number of hydrogen-bond acceptors (Lipinski definition) is 2. The van der Waals surface area contributed by atoms with Crippen LogP contribution < -0.4 is 0 Å². The van der Waals surface area contributed by atoms with E-state index in [0.717, 1.165) is 12.1 Å². The number of nitrogens with one attached hydrogen (secondary N) is 1. The molecule has 0 aliphatic rings. The SMILES string of the molecule is CC(C)Cc1cc(=S)nc(-c2cccc(F)c2)[nH]1. The fraction of sp³-hybridized carbons (Fsp3) is 0.286. The average molecular weight is 262 g/mol. The lowest BCUT2D eigenvalue weighted by atomic mass is 10.1. The average Bonchev–Trinajstić information content (AvgIpc) is 2.27. The summed E-state index contributed by atoms with van der Waals surface area (Å²) >= 11 is 5.15. The summed E-state index contributed by atoms with van der Waals surface area (Å²) in [5.41, 5.74) is 1.75. The number of hydrogen-bond donors (Lipinski definition) is 1. The highest BCUT2D eigenvalue weighted by Gasteiger charge is 2.05. The molecule has 2 rings (SSSR count). The maximum absolute atomic E-state index is 13.2. The van der Waals surface area contributed by atoms with E-state index in [4.69, 9.17) is 12.2 Å². The van der Waals surface area contributed by atoms with Crippen molar-refractivity contribution in [2.24, 2.45) is 5.92 Å². The molecule has 1 heterocycles. The largest absolute Gasteiger partial charge is 0.343 e. The highest BCUT2D eigenvalue weighted by atomic mass is 32.1. The summed E-state index contributed by atoms with van der Waals surface area (Å²) < 4.78 is 13.7. The highest BCUT2D eigenvalue weighted by molar-refractivity contribution is 7.71. The molecule has 2 aromatic rings. The van der Waals surface area contributed by atoms with Gasteiger partial charge >= 0.3 is 0 Å². The van der Waals surface area contributed by atoms with Gasteiger partial charge in [0.25, 0.3) is 0 Å². The molecule has 4 heteroatoms. The number of H-pyrrole nitrogens is 1. The topological polar surface area (TPSA) is 28.7 Å². The summed E-state index contributed by atoms with van der Waals surface area (Å²) in [6.45, 7) is 4.28. The third-order valence-corrected chi connectivity index (χ3v) is 2.73. The normalized spacial score (nSPS) is 10.9. The van der Waals surface area contributed by atoms with E-state index in [2.05, 4.69) is 23.8 Å². The van der Waals surface area contributed by atoms with Crippen molar-refractivity contribution in [1.82, 2.24) is 9.97 Å². The molecule has 0 spiro atoms. The van der Waals surface area contributed by atoms with Crippen LogP contribution in [0.5, 0.6) is 0 Å². The fourth-order valence-corrected chi connectivity index (χ4v) is 2.06. The first-order valence-electron chi connectivity index (χ1n) is 5.91. The lowest BCUT2D eigenvalue weighted by molar-refractivity contribution is 0.627. The van der Waals surface area contributed by atoms with Crippen LogP contribution in [0.2, 0.25) is 0 Å². The van der Waals surface area contributed by atoms with Gasteiger partial charge in [0.1, 0.15) is 16.3 Å². The van der Waals surface area contributed by atoms with E-state index in [0.29, 0.717) is 21.9 Å². The van der Waals surface area contributed by atoms with Crippen LogP contribution in [0.15, 0.2) is 30.3 Å². The molecule has 0 bridgehead atoms. The molecular weight excluding hydrogens is 247 g/mol. The van der Waals surface area contributed by atoms with E-state index in [1.54, 1.807) is 6.07 Å². The molecule has 0 radical (unpaired) electrons. The highest BCUT2D eigenvalue weighted by Crippen LogP contribution is 2.17. The summed E-state index contributed by atoms with van der Waals surface area (Å²) in [5.74, 6) is 0.874. The first-order chi connectivity index (χ1) is 8.54. The second-order valence-electron chi connectivity index (χ2n) is 4.70. The Balaban J connectivity index is 2.45. The Morgan fingerprint density at radius 2 is 2.11 bits per heavy atom. The monoisotopic (exact) mass is 262 g/mol. The molecule has 94 valence electrons. The van der Waals surface area contributed by atoms with Gasteiger partial charge in [-0.15, -0.1) is 0 Å². The lowest BCUT2D eigenvalue weighted by Gasteiger charge is -2.08. The van der Waals surface area contributed by atoms with Crippen molar-refractivity contribution in [3.05, 3.63) is 46.5 Å². The molecular formula is C14H15FN2S. The molecule has 2 nitrogen and oxygen atoms in total. The Labute approximate surface area is 111 Å². The minimum Gasteiger partial charge on any atom is -0.343 e. The summed E-state index contributed by atoms with van der Waals surface area (Å²) in [4.78, 5) is 7.46. The van der Waals surface area contributed by atoms with Crippen molar-refractivity contribution in [2.45, 2.75) is 20.3 Å². The summed E-state index contributed by atoms with van der Waals surface area (Å²) in [7, 11) is 0. The summed E-state index contributed by atoms with van der Waals surface area (Å²) in [6.07, 6.45) is 0.897. The zero-order valence-corrected chi connectivity index (χ0v) is 11.2. The van der Waals surface area contributed by atoms with Crippen molar-refractivity contribution in [3.8, 4) is 11.4 Å². The number of aromatic nitrogens is 2. The van der Waals surface area contributed by atoms with Gasteiger partial charge in [-0.3, -0.25) is 0 Å². The molecule has 0 amide bonds. The van der Waals surface area contributed by atoms with E-state index >= 15 is 0 Å². The predicted molar refractivity (Wildman–Crippen MR) is 73.4 cm³/mol. The third-order valence-electron chi connectivity index (χ3n) is 2.52. The van der Waals surface area contributed by atoms with Gasteiger partial charge in [0.15, 0.2) is 0 Å². The van der Waals surface area contributed by atoms with E-state index in [1.807, 2.05) is 12.1 Å². The van der Waals surface area contributed by atoms with Crippen LogP contribution in [-0.2, 0) is 6.42 Å². The molecule has 0 aliphatic heterocycles.